The Balaban J connectivity index is 1.64. The maximum absolute atomic E-state index is 10.5. The van der Waals surface area contributed by atoms with Gasteiger partial charge < -0.3 is 20.0 Å². The minimum atomic E-state index is -0.449. The minimum Gasteiger partial charge on any atom is -0.387 e. The molecule has 0 radical (unpaired) electrons. The van der Waals surface area contributed by atoms with Gasteiger partial charge in [-0.05, 0) is 24.4 Å². The number of aromatic nitrogens is 3. The van der Waals surface area contributed by atoms with Gasteiger partial charge in [-0.25, -0.2) is 9.97 Å². The maximum Gasteiger partial charge on any atom is 0.229 e. The van der Waals surface area contributed by atoms with E-state index in [0.717, 1.165) is 38.9 Å². The molecule has 4 unspecified atom stereocenters. The number of hydrogen-bond acceptors (Lipinski definition) is 6. The third kappa shape index (κ3) is 3.42. The number of piperidine rings is 2. The Morgan fingerprint density at radius 2 is 2.14 bits per heavy atom. The molecule has 2 fully saturated rings. The molecule has 7 nitrogen and oxygen atoms in total. The van der Waals surface area contributed by atoms with E-state index in [2.05, 4.69) is 15.0 Å². The van der Waals surface area contributed by atoms with Crippen molar-refractivity contribution in [3.05, 3.63) is 11.6 Å². The topological polar surface area (TPSA) is 86.8 Å². The Bertz CT molecular complexity index is 491. The van der Waals surface area contributed by atoms with Crippen LogP contribution >= 0.6 is 11.6 Å². The van der Waals surface area contributed by atoms with E-state index in [9.17, 15) is 10.2 Å². The summed E-state index contributed by atoms with van der Waals surface area (Å²) in [5, 5.41) is 20.4. The van der Waals surface area contributed by atoms with E-state index in [1.807, 2.05) is 4.90 Å². The first-order chi connectivity index (χ1) is 10.1. The summed E-state index contributed by atoms with van der Waals surface area (Å²) in [5.41, 5.74) is 0. The molecular formula is C13H21ClN5O2+. The lowest BCUT2D eigenvalue weighted by Crippen LogP contribution is -3.19. The Labute approximate surface area is 128 Å². The van der Waals surface area contributed by atoms with Crippen LogP contribution in [0.2, 0.25) is 5.28 Å². The second kappa shape index (κ2) is 6.39. The quantitative estimate of drug-likeness (QED) is 0.616. The van der Waals surface area contributed by atoms with Crippen molar-refractivity contribution < 1.29 is 15.1 Å². The summed E-state index contributed by atoms with van der Waals surface area (Å²) in [6, 6.07) is 0.175. The van der Waals surface area contributed by atoms with Gasteiger partial charge in [-0.3, -0.25) is 0 Å². The first kappa shape index (κ1) is 14.9. The first-order valence-corrected chi connectivity index (χ1v) is 7.81. The van der Waals surface area contributed by atoms with Gasteiger partial charge >= 0.3 is 0 Å². The lowest BCUT2D eigenvalue weighted by molar-refractivity contribution is -0.937. The molecule has 21 heavy (non-hydrogen) atoms. The predicted molar refractivity (Wildman–Crippen MR) is 77.4 cm³/mol. The summed E-state index contributed by atoms with van der Waals surface area (Å²) in [6.07, 6.45) is 3.45. The molecule has 1 aromatic heterocycles. The Morgan fingerprint density at radius 3 is 2.86 bits per heavy atom. The molecule has 0 amide bonds. The number of likely N-dealkylation sites (tertiary alicyclic amines) is 1. The van der Waals surface area contributed by atoms with Crippen molar-refractivity contribution in [2.75, 3.05) is 31.1 Å². The fourth-order valence-electron chi connectivity index (χ4n) is 3.42. The number of aliphatic hydroxyl groups excluding tert-OH is 2. The molecule has 0 saturated carbocycles. The van der Waals surface area contributed by atoms with Gasteiger partial charge in [0.2, 0.25) is 11.2 Å². The largest absolute Gasteiger partial charge is 0.387 e. The fourth-order valence-corrected chi connectivity index (χ4v) is 3.54. The monoisotopic (exact) mass is 314 g/mol. The molecule has 0 spiro atoms. The van der Waals surface area contributed by atoms with Gasteiger partial charge in [0.25, 0.3) is 0 Å². The van der Waals surface area contributed by atoms with Crippen LogP contribution < -0.4 is 9.80 Å². The second-order valence-corrected chi connectivity index (χ2v) is 6.21. The summed E-state index contributed by atoms with van der Waals surface area (Å²) in [4.78, 5) is 15.2. The molecular weight excluding hydrogens is 294 g/mol. The molecule has 4 atom stereocenters. The van der Waals surface area contributed by atoms with E-state index in [0.29, 0.717) is 12.5 Å². The summed E-state index contributed by atoms with van der Waals surface area (Å²) < 4.78 is 0. The molecule has 1 aromatic rings. The Kier molecular flexibility index (Phi) is 4.54. The molecule has 116 valence electrons. The predicted octanol–water partition coefficient (Wildman–Crippen LogP) is -1.50. The highest BCUT2D eigenvalue weighted by atomic mass is 35.5. The number of nitrogens with zero attached hydrogens (tertiary/aromatic N) is 4. The van der Waals surface area contributed by atoms with Gasteiger partial charge in [0.1, 0.15) is 31.1 Å². The van der Waals surface area contributed by atoms with Crippen LogP contribution in [0.1, 0.15) is 19.3 Å². The van der Waals surface area contributed by atoms with E-state index in [4.69, 9.17) is 11.6 Å². The number of aliphatic hydroxyl groups is 2. The minimum absolute atomic E-state index is 0.168. The van der Waals surface area contributed by atoms with E-state index in [1.165, 1.54) is 11.2 Å². The average molecular weight is 315 g/mol. The van der Waals surface area contributed by atoms with Gasteiger partial charge in [0, 0.05) is 13.0 Å². The van der Waals surface area contributed by atoms with Crippen LogP contribution in [-0.4, -0.2) is 69.6 Å². The van der Waals surface area contributed by atoms with Crippen LogP contribution in [0, 0.1) is 0 Å². The molecule has 2 aliphatic heterocycles. The Morgan fingerprint density at radius 1 is 1.29 bits per heavy atom. The number of halogens is 1. The van der Waals surface area contributed by atoms with Gasteiger partial charge in [-0.1, -0.05) is 0 Å². The van der Waals surface area contributed by atoms with Crippen LogP contribution in [0.3, 0.4) is 0 Å². The molecule has 3 N–H and O–H groups in total. The van der Waals surface area contributed by atoms with E-state index < -0.39 is 6.10 Å². The zero-order valence-electron chi connectivity index (χ0n) is 11.8. The van der Waals surface area contributed by atoms with Crippen LogP contribution in [0.4, 0.5) is 5.95 Å². The fraction of sp³-hybridized carbons (Fsp3) is 0.769. The first-order valence-electron chi connectivity index (χ1n) is 7.43. The van der Waals surface area contributed by atoms with Crippen molar-refractivity contribution in [3.8, 4) is 0 Å². The van der Waals surface area contributed by atoms with E-state index in [1.54, 1.807) is 0 Å². The van der Waals surface area contributed by atoms with Crippen molar-refractivity contribution in [2.45, 2.75) is 37.5 Å². The molecule has 0 aliphatic carbocycles. The number of rotatable bonds is 2. The van der Waals surface area contributed by atoms with E-state index >= 15 is 0 Å². The van der Waals surface area contributed by atoms with Crippen molar-refractivity contribution in [1.82, 2.24) is 15.0 Å². The molecule has 8 heteroatoms. The van der Waals surface area contributed by atoms with Crippen molar-refractivity contribution in [2.24, 2.45) is 0 Å². The number of quaternary nitrogens is 1. The van der Waals surface area contributed by atoms with Crippen LogP contribution in [0.15, 0.2) is 6.33 Å². The van der Waals surface area contributed by atoms with Gasteiger partial charge in [0.05, 0.1) is 13.1 Å². The highest BCUT2D eigenvalue weighted by Gasteiger charge is 2.38. The second-order valence-electron chi connectivity index (χ2n) is 5.87. The summed E-state index contributed by atoms with van der Waals surface area (Å²) in [5.74, 6) is 0.515. The normalized spacial score (nSPS) is 34.0. The van der Waals surface area contributed by atoms with Gasteiger partial charge in [-0.2, -0.15) is 4.98 Å². The maximum atomic E-state index is 10.5. The van der Waals surface area contributed by atoms with Crippen LogP contribution in [0.5, 0.6) is 0 Å². The molecule has 0 aromatic carbocycles. The third-order valence-electron chi connectivity index (χ3n) is 4.45. The molecule has 2 aliphatic rings. The van der Waals surface area contributed by atoms with Crippen molar-refractivity contribution in [1.29, 1.82) is 0 Å². The van der Waals surface area contributed by atoms with Crippen molar-refractivity contribution >= 4 is 17.5 Å². The van der Waals surface area contributed by atoms with Gasteiger partial charge in [-0.15, -0.1) is 0 Å². The van der Waals surface area contributed by atoms with Crippen molar-refractivity contribution in [3.63, 3.8) is 0 Å². The zero-order valence-corrected chi connectivity index (χ0v) is 12.6. The lowest BCUT2D eigenvalue weighted by atomic mass is 9.97. The highest BCUT2D eigenvalue weighted by Crippen LogP contribution is 2.16. The third-order valence-corrected chi connectivity index (χ3v) is 4.63. The van der Waals surface area contributed by atoms with Gasteiger partial charge in [0.15, 0.2) is 0 Å². The van der Waals surface area contributed by atoms with Crippen LogP contribution in [-0.2, 0) is 0 Å². The highest BCUT2D eigenvalue weighted by molar-refractivity contribution is 6.28. The summed E-state index contributed by atoms with van der Waals surface area (Å²) in [6.45, 7) is 3.03. The molecule has 2 saturated heterocycles. The number of nitrogens with one attached hydrogen (secondary N) is 1. The van der Waals surface area contributed by atoms with E-state index in [-0.39, 0.29) is 17.4 Å². The zero-order chi connectivity index (χ0) is 14.8. The number of hydrogen-bond donors (Lipinski definition) is 3. The summed E-state index contributed by atoms with van der Waals surface area (Å²) in [7, 11) is 0. The smallest absolute Gasteiger partial charge is 0.229 e. The Hall–Kier alpha value is -1.02. The number of β-amino-alcohol motifs (C(OH)–C–C–N with tert-alkyl or cyclic N) is 1. The SMILES string of the molecule is OC1CCC[NH+](C2CCN(c3ncnc(Cl)n3)CC2O)C1. The summed E-state index contributed by atoms with van der Waals surface area (Å²) >= 11 is 5.78. The molecule has 0 bridgehead atoms. The van der Waals surface area contributed by atoms with Crippen LogP contribution in [0.25, 0.3) is 0 Å². The standard InChI is InChI=1S/C13H20ClN5O2/c14-12-15-8-16-13(17-12)19-5-3-10(11(21)7-19)18-4-1-2-9(20)6-18/h8-11,20-21H,1-7H2/p+1. The molecule has 3 rings (SSSR count). The lowest BCUT2D eigenvalue weighted by Gasteiger charge is -2.41. The number of anilines is 1. The molecule has 3 heterocycles. The average Bonchev–Trinajstić information content (AvgIpc) is 2.47.